The van der Waals surface area contributed by atoms with Gasteiger partial charge in [0, 0.05) is 0 Å². The second-order valence-electron chi connectivity index (χ2n) is 3.61. The summed E-state index contributed by atoms with van der Waals surface area (Å²) in [5.74, 6) is 0.116. The van der Waals surface area contributed by atoms with E-state index in [1.807, 2.05) is 31.2 Å². The summed E-state index contributed by atoms with van der Waals surface area (Å²) in [6.45, 7) is 1.93. The third kappa shape index (κ3) is 2.92. The first kappa shape index (κ1) is 11.8. The normalized spacial score (nSPS) is 16.6. The van der Waals surface area contributed by atoms with Crippen molar-refractivity contribution in [1.29, 1.82) is 0 Å². The second kappa shape index (κ2) is 5.11. The van der Waals surface area contributed by atoms with Crippen LogP contribution in [0, 0.1) is 6.92 Å². The number of aromatic hydroxyl groups is 1. The van der Waals surface area contributed by atoms with Gasteiger partial charge in [0.2, 0.25) is 0 Å². The average Bonchev–Trinajstić information content (AvgIpc) is 2.32. The van der Waals surface area contributed by atoms with Gasteiger partial charge in [-0.05, 0) is 0 Å². The number of hydrogen-bond donors (Lipinski definition) is 1. The van der Waals surface area contributed by atoms with Crippen LogP contribution in [0.2, 0.25) is 0 Å². The predicted octanol–water partition coefficient (Wildman–Crippen LogP) is 2.91. The first-order chi connectivity index (χ1) is 8.16. The van der Waals surface area contributed by atoms with Crippen molar-refractivity contribution >= 4 is 15.9 Å². The summed E-state index contributed by atoms with van der Waals surface area (Å²) in [4.78, 5) is 0. The first-order valence-corrected chi connectivity index (χ1v) is 5.59. The molecule has 1 N–H and O–H groups in total. The molecule has 0 unspecified atom stereocenters. The van der Waals surface area contributed by atoms with Crippen molar-refractivity contribution in [3.8, 4) is 5.75 Å². The molecule has 0 aromatic heterocycles. The summed E-state index contributed by atoms with van der Waals surface area (Å²) in [6, 6.07) is 5.19. The van der Waals surface area contributed by atoms with Crippen LogP contribution >= 0.6 is 0 Å². The van der Waals surface area contributed by atoms with Gasteiger partial charge in [0.1, 0.15) is 0 Å². The zero-order valence-electron chi connectivity index (χ0n) is 9.20. The Labute approximate surface area is 107 Å². The molecule has 1 aromatic rings. The molecule has 0 aliphatic heterocycles. The molecule has 2 rings (SSSR count). The molecule has 17 heavy (non-hydrogen) atoms. The number of phenolic OH excluding ortho intramolecular Hbond substituents is 1. The van der Waals surface area contributed by atoms with E-state index in [9.17, 15) is 5.11 Å². The summed E-state index contributed by atoms with van der Waals surface area (Å²) in [7, 11) is 0. The van der Waals surface area contributed by atoms with E-state index < -0.39 is 0 Å². The minimum atomic E-state index is 0.116. The fraction of sp³-hybridized carbons (Fsp3) is 0.0769. The Bertz CT molecular complexity index is 544. The molecule has 1 aliphatic carbocycles. The second-order valence-corrected chi connectivity index (χ2v) is 4.14. The van der Waals surface area contributed by atoms with Crippen LogP contribution in [0.25, 0.3) is 5.43 Å². The molecule has 0 heterocycles. The van der Waals surface area contributed by atoms with Crippen LogP contribution in [-0.4, -0.2) is 15.3 Å². The molecular weight excluding hydrogens is 259 g/mol. The minimum absolute atomic E-state index is 0.116. The van der Waals surface area contributed by atoms with Crippen LogP contribution in [0.15, 0.2) is 47.6 Å². The molecule has 0 spiro atoms. The van der Waals surface area contributed by atoms with Crippen LogP contribution in [0.5, 0.6) is 5.75 Å². The first-order valence-electron chi connectivity index (χ1n) is 5.09. The molecule has 0 fully saturated rings. The van der Waals surface area contributed by atoms with E-state index in [4.69, 9.17) is 15.0 Å². The molecule has 4 heteroatoms. The molecular formula is C13H11N2NiO-. The third-order valence-corrected chi connectivity index (χ3v) is 2.64. The van der Waals surface area contributed by atoms with Crippen LogP contribution in [0.3, 0.4) is 0 Å². The van der Waals surface area contributed by atoms with Gasteiger partial charge >= 0.3 is 107 Å². The van der Waals surface area contributed by atoms with Crippen LogP contribution in [0.4, 0.5) is 5.69 Å². The Morgan fingerprint density at radius 3 is 2.76 bits per heavy atom. The van der Waals surface area contributed by atoms with Gasteiger partial charge < -0.3 is 0 Å². The SMILES string of the molecule is Cc1ccc(O)c([N-]/N=C2/C=CC=C[C]2=[Ni])c1. The zero-order chi connectivity index (χ0) is 12.3. The van der Waals surface area contributed by atoms with Crippen molar-refractivity contribution in [2.24, 2.45) is 5.10 Å². The Balaban J connectivity index is 2.19. The average molecular weight is 270 g/mol. The summed E-state index contributed by atoms with van der Waals surface area (Å²) < 4.78 is 0.684. The molecule has 0 saturated heterocycles. The quantitative estimate of drug-likeness (QED) is 0.651. The molecule has 1 aliphatic rings. The molecule has 90 valence electrons. The van der Waals surface area contributed by atoms with Gasteiger partial charge in [-0.1, -0.05) is 0 Å². The molecule has 1 aromatic carbocycles. The maximum atomic E-state index is 9.61. The number of allylic oxidation sites excluding steroid dienone is 4. The van der Waals surface area contributed by atoms with E-state index in [0.717, 1.165) is 5.56 Å². The van der Waals surface area contributed by atoms with Crippen molar-refractivity contribution in [3.63, 3.8) is 0 Å². The van der Waals surface area contributed by atoms with Crippen LogP contribution in [0.1, 0.15) is 5.56 Å². The summed E-state index contributed by atoms with van der Waals surface area (Å²) >= 11 is 4.80. The van der Waals surface area contributed by atoms with Crippen molar-refractivity contribution in [3.05, 3.63) is 53.5 Å². The van der Waals surface area contributed by atoms with Gasteiger partial charge in [-0.15, -0.1) is 0 Å². The van der Waals surface area contributed by atoms with E-state index in [0.29, 0.717) is 15.9 Å². The Hall–Kier alpha value is -1.67. The van der Waals surface area contributed by atoms with Crippen LogP contribution in [-0.2, 0) is 15.0 Å². The van der Waals surface area contributed by atoms with Gasteiger partial charge in [-0.3, -0.25) is 0 Å². The van der Waals surface area contributed by atoms with Crippen molar-refractivity contribution < 1.29 is 20.1 Å². The zero-order valence-corrected chi connectivity index (χ0v) is 10.2. The van der Waals surface area contributed by atoms with E-state index in [2.05, 4.69) is 10.5 Å². The Morgan fingerprint density at radius 2 is 2.00 bits per heavy atom. The molecule has 0 saturated carbocycles. The monoisotopic (exact) mass is 269 g/mol. The van der Waals surface area contributed by atoms with Gasteiger partial charge in [0.25, 0.3) is 0 Å². The summed E-state index contributed by atoms with van der Waals surface area (Å²) in [5.41, 5.74) is 6.13. The number of nitrogens with zero attached hydrogens (tertiary/aromatic N) is 2. The molecule has 0 amide bonds. The molecule has 0 atom stereocenters. The Kier molecular flexibility index (Phi) is 3.55. The van der Waals surface area contributed by atoms with Crippen molar-refractivity contribution in [2.75, 3.05) is 0 Å². The topological polar surface area (TPSA) is 46.7 Å². The van der Waals surface area contributed by atoms with Gasteiger partial charge in [-0.2, -0.15) is 0 Å². The van der Waals surface area contributed by atoms with E-state index in [1.165, 1.54) is 0 Å². The maximum absolute atomic E-state index is 9.61. The number of hydrogen-bond acceptors (Lipinski definition) is 2. The number of aryl methyl sites for hydroxylation is 1. The summed E-state index contributed by atoms with van der Waals surface area (Å²) in [5, 5.41) is 13.7. The fourth-order valence-electron chi connectivity index (χ4n) is 1.34. The van der Waals surface area contributed by atoms with Gasteiger partial charge in [-0.25, -0.2) is 0 Å². The standard InChI is InChI=1S/C13H11N2O.Ni/c1-10-7-8-13(16)12(9-10)15-14-11-5-3-2-4-6-11;/h2-5,7-9,16H,1H3;/q-1;/b14-11-;. The number of benzene rings is 1. The molecule has 0 bridgehead atoms. The van der Waals surface area contributed by atoms with E-state index in [-0.39, 0.29) is 5.75 Å². The van der Waals surface area contributed by atoms with E-state index in [1.54, 1.807) is 18.2 Å². The molecule has 3 nitrogen and oxygen atoms in total. The van der Waals surface area contributed by atoms with Crippen molar-refractivity contribution in [1.82, 2.24) is 0 Å². The van der Waals surface area contributed by atoms with Gasteiger partial charge in [0.05, 0.1) is 0 Å². The number of rotatable bonds is 2. The Morgan fingerprint density at radius 1 is 1.24 bits per heavy atom. The third-order valence-electron chi connectivity index (χ3n) is 2.22. The van der Waals surface area contributed by atoms with Crippen molar-refractivity contribution in [2.45, 2.75) is 6.92 Å². The fourth-order valence-corrected chi connectivity index (χ4v) is 1.57. The predicted molar refractivity (Wildman–Crippen MR) is 66.6 cm³/mol. The molecule has 0 radical (unpaired) electrons. The summed E-state index contributed by atoms with van der Waals surface area (Å²) in [6.07, 6.45) is 7.33. The number of phenols is 1. The van der Waals surface area contributed by atoms with Crippen LogP contribution < -0.4 is 0 Å². The van der Waals surface area contributed by atoms with Gasteiger partial charge in [0.15, 0.2) is 0 Å². The van der Waals surface area contributed by atoms with E-state index >= 15 is 0 Å².